The summed E-state index contributed by atoms with van der Waals surface area (Å²) >= 11 is 12.5. The van der Waals surface area contributed by atoms with Gasteiger partial charge in [0.15, 0.2) is 6.61 Å². The summed E-state index contributed by atoms with van der Waals surface area (Å²) in [6.45, 7) is -0.187. The summed E-state index contributed by atoms with van der Waals surface area (Å²) in [6.07, 6.45) is 0. The third-order valence-electron chi connectivity index (χ3n) is 2.46. The monoisotopic (exact) mass is 435 g/mol. The van der Waals surface area contributed by atoms with Crippen molar-refractivity contribution in [3.05, 3.63) is 56.2 Å². The van der Waals surface area contributed by atoms with Crippen LogP contribution in [0.2, 0.25) is 5.02 Å². The Morgan fingerprint density at radius 2 is 2.00 bits per heavy atom. The molecule has 0 aliphatic rings. The maximum absolute atomic E-state index is 12.9. The van der Waals surface area contributed by atoms with E-state index in [-0.39, 0.29) is 11.6 Å². The third-order valence-corrected chi connectivity index (χ3v) is 3.88. The van der Waals surface area contributed by atoms with E-state index < -0.39 is 11.7 Å². The van der Waals surface area contributed by atoms with Crippen LogP contribution in [0, 0.1) is 5.82 Å². The number of anilines is 1. The second-order valence-corrected chi connectivity index (χ2v) is 6.21. The first kappa shape index (κ1) is 16.3. The van der Waals surface area contributed by atoms with Gasteiger partial charge in [-0.1, -0.05) is 27.5 Å². The molecule has 2 aromatic rings. The summed E-state index contributed by atoms with van der Waals surface area (Å²) in [4.78, 5) is 11.8. The van der Waals surface area contributed by atoms with Gasteiger partial charge in [0.1, 0.15) is 11.6 Å². The molecular formula is C14H9Br2ClFNO2. The molecule has 0 radical (unpaired) electrons. The summed E-state index contributed by atoms with van der Waals surface area (Å²) in [7, 11) is 0. The molecule has 0 saturated carbocycles. The molecule has 21 heavy (non-hydrogen) atoms. The summed E-state index contributed by atoms with van der Waals surface area (Å²) in [6, 6.07) is 9.08. The lowest BCUT2D eigenvalue weighted by molar-refractivity contribution is -0.118. The van der Waals surface area contributed by atoms with Crippen LogP contribution in [0.25, 0.3) is 0 Å². The van der Waals surface area contributed by atoms with Crippen molar-refractivity contribution >= 4 is 55.1 Å². The number of benzene rings is 2. The Bertz CT molecular complexity index is 682. The molecule has 1 amide bonds. The summed E-state index contributed by atoms with van der Waals surface area (Å²) in [5, 5.41) is 2.68. The molecule has 0 bridgehead atoms. The number of carbonyl (C=O) groups excluding carboxylic acids is 1. The van der Waals surface area contributed by atoms with Crippen molar-refractivity contribution < 1.29 is 13.9 Å². The van der Waals surface area contributed by atoms with Crippen LogP contribution in [0.4, 0.5) is 10.1 Å². The van der Waals surface area contributed by atoms with Crippen LogP contribution >= 0.6 is 43.5 Å². The van der Waals surface area contributed by atoms with Crippen LogP contribution in [0.1, 0.15) is 0 Å². The van der Waals surface area contributed by atoms with E-state index in [0.717, 1.165) is 15.0 Å². The van der Waals surface area contributed by atoms with Crippen LogP contribution < -0.4 is 10.1 Å². The molecule has 0 saturated heterocycles. The Morgan fingerprint density at radius 1 is 1.24 bits per heavy atom. The average molecular weight is 437 g/mol. The molecule has 1 N–H and O–H groups in total. The van der Waals surface area contributed by atoms with Gasteiger partial charge in [0.05, 0.1) is 15.2 Å². The molecule has 0 atom stereocenters. The van der Waals surface area contributed by atoms with Crippen molar-refractivity contribution in [1.29, 1.82) is 0 Å². The molecule has 7 heteroatoms. The normalized spacial score (nSPS) is 10.3. The van der Waals surface area contributed by atoms with E-state index in [1.54, 1.807) is 12.1 Å². The van der Waals surface area contributed by atoms with E-state index in [1.165, 1.54) is 12.1 Å². The predicted molar refractivity (Wildman–Crippen MR) is 87.4 cm³/mol. The lowest BCUT2D eigenvalue weighted by Crippen LogP contribution is -2.20. The quantitative estimate of drug-likeness (QED) is 0.729. The van der Waals surface area contributed by atoms with Gasteiger partial charge in [-0.3, -0.25) is 4.79 Å². The third kappa shape index (κ3) is 4.69. The highest BCUT2D eigenvalue weighted by Gasteiger charge is 2.09. The topological polar surface area (TPSA) is 38.3 Å². The van der Waals surface area contributed by atoms with E-state index in [0.29, 0.717) is 11.4 Å². The molecule has 0 fully saturated rings. The maximum Gasteiger partial charge on any atom is 0.262 e. The highest BCUT2D eigenvalue weighted by Crippen LogP contribution is 2.28. The Balaban J connectivity index is 1.96. The standard InChI is InChI=1S/C14H9Br2ClFNO2/c15-8-1-4-13(10(16)5-8)21-7-14(20)19-12-3-2-9(18)6-11(12)17/h1-6H,7H2,(H,19,20). The zero-order valence-electron chi connectivity index (χ0n) is 10.5. The predicted octanol–water partition coefficient (Wildman–Crippen LogP) is 5.02. The number of halogens is 4. The molecule has 0 spiro atoms. The Morgan fingerprint density at radius 3 is 2.67 bits per heavy atom. The number of amides is 1. The Labute approximate surface area is 142 Å². The molecule has 3 nitrogen and oxygen atoms in total. The number of nitrogens with one attached hydrogen (secondary N) is 1. The van der Waals surface area contributed by atoms with E-state index in [9.17, 15) is 9.18 Å². The SMILES string of the molecule is O=C(COc1ccc(Br)cc1Br)Nc1ccc(F)cc1Cl. The van der Waals surface area contributed by atoms with Gasteiger partial charge in [-0.25, -0.2) is 4.39 Å². The first-order valence-electron chi connectivity index (χ1n) is 5.78. The van der Waals surface area contributed by atoms with Gasteiger partial charge in [-0.05, 0) is 52.3 Å². The summed E-state index contributed by atoms with van der Waals surface area (Å²) in [5.74, 6) is -0.315. The Hall–Kier alpha value is -1.11. The lowest BCUT2D eigenvalue weighted by atomic mass is 10.3. The molecule has 2 aromatic carbocycles. The highest BCUT2D eigenvalue weighted by atomic mass is 79.9. The van der Waals surface area contributed by atoms with Gasteiger partial charge >= 0.3 is 0 Å². The average Bonchev–Trinajstić information content (AvgIpc) is 2.41. The molecule has 110 valence electrons. The fourth-order valence-electron chi connectivity index (χ4n) is 1.51. The maximum atomic E-state index is 12.9. The largest absolute Gasteiger partial charge is 0.483 e. The smallest absolute Gasteiger partial charge is 0.262 e. The minimum Gasteiger partial charge on any atom is -0.483 e. The molecule has 0 heterocycles. The van der Waals surface area contributed by atoms with Crippen molar-refractivity contribution in [2.75, 3.05) is 11.9 Å². The number of carbonyl (C=O) groups is 1. The summed E-state index contributed by atoms with van der Waals surface area (Å²) in [5.41, 5.74) is 0.335. The van der Waals surface area contributed by atoms with Crippen molar-refractivity contribution in [1.82, 2.24) is 0 Å². The number of rotatable bonds is 4. The van der Waals surface area contributed by atoms with Gasteiger partial charge in [0, 0.05) is 4.47 Å². The second kappa shape index (κ2) is 7.24. The van der Waals surface area contributed by atoms with Crippen LogP contribution in [0.5, 0.6) is 5.75 Å². The number of hydrogen-bond donors (Lipinski definition) is 1. The van der Waals surface area contributed by atoms with Crippen molar-refractivity contribution in [3.8, 4) is 5.75 Å². The molecule has 0 aliphatic heterocycles. The van der Waals surface area contributed by atoms with Gasteiger partial charge < -0.3 is 10.1 Å². The van der Waals surface area contributed by atoms with Crippen molar-refractivity contribution in [3.63, 3.8) is 0 Å². The van der Waals surface area contributed by atoms with Crippen molar-refractivity contribution in [2.24, 2.45) is 0 Å². The van der Waals surface area contributed by atoms with Gasteiger partial charge in [0.25, 0.3) is 5.91 Å². The molecule has 2 rings (SSSR count). The molecular weight excluding hydrogens is 428 g/mol. The highest BCUT2D eigenvalue weighted by molar-refractivity contribution is 9.11. The van der Waals surface area contributed by atoms with Crippen LogP contribution in [-0.2, 0) is 4.79 Å². The first-order valence-corrected chi connectivity index (χ1v) is 7.75. The zero-order chi connectivity index (χ0) is 15.4. The van der Waals surface area contributed by atoms with Gasteiger partial charge in [0.2, 0.25) is 0 Å². The van der Waals surface area contributed by atoms with Crippen LogP contribution in [0.3, 0.4) is 0 Å². The molecule has 0 aromatic heterocycles. The molecule has 0 aliphatic carbocycles. The van der Waals surface area contributed by atoms with E-state index in [2.05, 4.69) is 37.2 Å². The summed E-state index contributed by atoms with van der Waals surface area (Å²) < 4.78 is 19.9. The van der Waals surface area contributed by atoms with Crippen LogP contribution in [0.15, 0.2) is 45.3 Å². The number of hydrogen-bond acceptors (Lipinski definition) is 2. The van der Waals surface area contributed by atoms with Gasteiger partial charge in [-0.15, -0.1) is 0 Å². The zero-order valence-corrected chi connectivity index (χ0v) is 14.4. The second-order valence-electron chi connectivity index (χ2n) is 4.04. The van der Waals surface area contributed by atoms with Crippen LogP contribution in [-0.4, -0.2) is 12.5 Å². The lowest BCUT2D eigenvalue weighted by Gasteiger charge is -2.10. The minimum absolute atomic E-state index is 0.133. The minimum atomic E-state index is -0.465. The van der Waals surface area contributed by atoms with Gasteiger partial charge in [-0.2, -0.15) is 0 Å². The first-order chi connectivity index (χ1) is 9.95. The van der Waals surface area contributed by atoms with E-state index in [4.69, 9.17) is 16.3 Å². The van der Waals surface area contributed by atoms with E-state index in [1.807, 2.05) is 6.07 Å². The Kier molecular flexibility index (Phi) is 5.61. The fraction of sp³-hybridized carbons (Fsp3) is 0.0714. The van der Waals surface area contributed by atoms with E-state index >= 15 is 0 Å². The fourth-order valence-corrected chi connectivity index (χ4v) is 2.89. The van der Waals surface area contributed by atoms with Crippen molar-refractivity contribution in [2.45, 2.75) is 0 Å². The number of ether oxygens (including phenoxy) is 1. The molecule has 0 unspecified atom stereocenters.